The Hall–Kier alpha value is -2.80. The number of anilines is 1. The lowest BCUT2D eigenvalue weighted by Crippen LogP contribution is -2.48. The van der Waals surface area contributed by atoms with E-state index in [4.69, 9.17) is 0 Å². The zero-order chi connectivity index (χ0) is 17.1. The van der Waals surface area contributed by atoms with Crippen LogP contribution in [0.15, 0.2) is 53.8 Å². The summed E-state index contributed by atoms with van der Waals surface area (Å²) < 4.78 is 1.70. The summed E-state index contributed by atoms with van der Waals surface area (Å²) in [6.07, 6.45) is 5.19. The number of aromatic nitrogens is 4. The van der Waals surface area contributed by atoms with Crippen molar-refractivity contribution in [1.82, 2.24) is 24.4 Å². The maximum absolute atomic E-state index is 12.5. The van der Waals surface area contributed by atoms with E-state index in [1.54, 1.807) is 23.3 Å². The van der Waals surface area contributed by atoms with Crippen molar-refractivity contribution in [3.63, 3.8) is 0 Å². The van der Waals surface area contributed by atoms with Crippen LogP contribution in [0.3, 0.4) is 0 Å². The van der Waals surface area contributed by atoms with Crippen LogP contribution >= 0.6 is 0 Å². The molecule has 0 amide bonds. The molecule has 1 aliphatic heterocycles. The molecule has 4 rings (SSSR count). The van der Waals surface area contributed by atoms with Crippen molar-refractivity contribution >= 4 is 16.9 Å². The molecule has 3 aromatic rings. The fraction of sp³-hybridized carbons (Fsp3) is 0.333. The van der Waals surface area contributed by atoms with E-state index in [0.717, 1.165) is 44.2 Å². The van der Waals surface area contributed by atoms with Gasteiger partial charge in [0.05, 0.1) is 17.2 Å². The first kappa shape index (κ1) is 15.7. The molecule has 0 atom stereocenters. The minimum absolute atomic E-state index is 0.0296. The third-order valence-corrected chi connectivity index (χ3v) is 4.60. The van der Waals surface area contributed by atoms with Gasteiger partial charge in [-0.25, -0.2) is 15.0 Å². The summed E-state index contributed by atoms with van der Waals surface area (Å²) in [6.45, 7) is 5.16. The fourth-order valence-electron chi connectivity index (χ4n) is 3.14. The Balaban J connectivity index is 1.37. The number of hydrogen-bond donors (Lipinski definition) is 0. The van der Waals surface area contributed by atoms with Crippen molar-refractivity contribution in [2.75, 3.05) is 37.6 Å². The molecule has 0 unspecified atom stereocenters. The van der Waals surface area contributed by atoms with Crippen LogP contribution in [0.25, 0.3) is 10.9 Å². The molecular weight excluding hydrogens is 316 g/mol. The minimum atomic E-state index is 0.0296. The van der Waals surface area contributed by atoms with E-state index >= 15 is 0 Å². The van der Waals surface area contributed by atoms with Gasteiger partial charge in [-0.05, 0) is 18.2 Å². The van der Waals surface area contributed by atoms with Gasteiger partial charge in [0.2, 0.25) is 5.95 Å². The van der Waals surface area contributed by atoms with E-state index in [1.165, 1.54) is 0 Å². The summed E-state index contributed by atoms with van der Waals surface area (Å²) in [6, 6.07) is 9.30. The number of fused-ring (bicyclic) bond motifs is 1. The number of piperazine rings is 1. The predicted molar refractivity (Wildman–Crippen MR) is 96.7 cm³/mol. The molecule has 3 heterocycles. The van der Waals surface area contributed by atoms with Gasteiger partial charge in [-0.2, -0.15) is 0 Å². The van der Waals surface area contributed by atoms with Crippen molar-refractivity contribution in [3.8, 4) is 0 Å². The smallest absolute Gasteiger partial charge is 0.261 e. The SMILES string of the molecule is O=c1c2ccccc2ncn1CCN1CCN(c2ncccn2)CC1. The highest BCUT2D eigenvalue weighted by molar-refractivity contribution is 5.76. The quantitative estimate of drug-likeness (QED) is 0.708. The Morgan fingerprint density at radius 2 is 1.64 bits per heavy atom. The van der Waals surface area contributed by atoms with Crippen LogP contribution in [0.2, 0.25) is 0 Å². The first-order chi connectivity index (χ1) is 12.3. The first-order valence-electron chi connectivity index (χ1n) is 8.50. The summed E-state index contributed by atoms with van der Waals surface area (Å²) in [4.78, 5) is 30.1. The molecule has 0 saturated carbocycles. The second-order valence-electron chi connectivity index (χ2n) is 6.14. The van der Waals surface area contributed by atoms with Crippen LogP contribution in [0.4, 0.5) is 5.95 Å². The Morgan fingerprint density at radius 3 is 2.44 bits per heavy atom. The molecule has 1 saturated heterocycles. The number of hydrogen-bond acceptors (Lipinski definition) is 6. The van der Waals surface area contributed by atoms with E-state index in [9.17, 15) is 4.79 Å². The molecule has 0 aliphatic carbocycles. The van der Waals surface area contributed by atoms with Gasteiger partial charge in [0.15, 0.2) is 0 Å². The lowest BCUT2D eigenvalue weighted by Gasteiger charge is -2.34. The normalized spacial score (nSPS) is 15.6. The molecule has 128 valence electrons. The average molecular weight is 336 g/mol. The largest absolute Gasteiger partial charge is 0.338 e. The van der Waals surface area contributed by atoms with Crippen molar-refractivity contribution in [1.29, 1.82) is 0 Å². The van der Waals surface area contributed by atoms with Crippen molar-refractivity contribution in [2.24, 2.45) is 0 Å². The Labute approximate surface area is 145 Å². The summed E-state index contributed by atoms with van der Waals surface area (Å²) >= 11 is 0. The number of nitrogens with zero attached hydrogens (tertiary/aromatic N) is 6. The van der Waals surface area contributed by atoms with Crippen LogP contribution in [-0.4, -0.2) is 57.1 Å². The predicted octanol–water partition coefficient (Wildman–Crippen LogP) is 1.01. The zero-order valence-corrected chi connectivity index (χ0v) is 14.0. The molecule has 25 heavy (non-hydrogen) atoms. The van der Waals surface area contributed by atoms with Crippen molar-refractivity contribution in [2.45, 2.75) is 6.54 Å². The van der Waals surface area contributed by atoms with Gasteiger partial charge >= 0.3 is 0 Å². The average Bonchev–Trinajstić information content (AvgIpc) is 2.69. The molecule has 2 aromatic heterocycles. The summed E-state index contributed by atoms with van der Waals surface area (Å²) in [5, 5.41) is 0.677. The van der Waals surface area contributed by atoms with Gasteiger partial charge in [-0.3, -0.25) is 14.3 Å². The van der Waals surface area contributed by atoms with E-state index in [0.29, 0.717) is 11.9 Å². The van der Waals surface area contributed by atoms with Gasteiger partial charge in [0.25, 0.3) is 5.56 Å². The molecule has 0 spiro atoms. The van der Waals surface area contributed by atoms with Gasteiger partial charge in [0, 0.05) is 51.7 Å². The third kappa shape index (κ3) is 3.36. The second kappa shape index (κ2) is 6.98. The van der Waals surface area contributed by atoms with Crippen molar-refractivity contribution < 1.29 is 0 Å². The van der Waals surface area contributed by atoms with Crippen LogP contribution in [0, 0.1) is 0 Å². The monoisotopic (exact) mass is 336 g/mol. The summed E-state index contributed by atoms with van der Waals surface area (Å²) in [5.41, 5.74) is 0.780. The molecule has 7 nitrogen and oxygen atoms in total. The Bertz CT molecular complexity index is 902. The maximum Gasteiger partial charge on any atom is 0.261 e. The highest BCUT2D eigenvalue weighted by atomic mass is 16.1. The summed E-state index contributed by atoms with van der Waals surface area (Å²) in [7, 11) is 0. The number of rotatable bonds is 4. The summed E-state index contributed by atoms with van der Waals surface area (Å²) in [5.74, 6) is 0.789. The van der Waals surface area contributed by atoms with Crippen LogP contribution < -0.4 is 10.5 Å². The molecule has 1 fully saturated rings. The molecule has 0 N–H and O–H groups in total. The van der Waals surface area contributed by atoms with Crippen LogP contribution in [-0.2, 0) is 6.54 Å². The number of para-hydroxylation sites is 1. The minimum Gasteiger partial charge on any atom is -0.338 e. The topological polar surface area (TPSA) is 67.2 Å². The van der Waals surface area contributed by atoms with E-state index < -0.39 is 0 Å². The fourth-order valence-corrected chi connectivity index (χ4v) is 3.14. The lowest BCUT2D eigenvalue weighted by molar-refractivity contribution is 0.246. The van der Waals surface area contributed by atoms with E-state index in [-0.39, 0.29) is 5.56 Å². The van der Waals surface area contributed by atoms with Crippen LogP contribution in [0.5, 0.6) is 0 Å². The Kier molecular flexibility index (Phi) is 4.39. The highest BCUT2D eigenvalue weighted by Gasteiger charge is 2.18. The zero-order valence-electron chi connectivity index (χ0n) is 14.0. The highest BCUT2D eigenvalue weighted by Crippen LogP contribution is 2.10. The molecule has 7 heteroatoms. The van der Waals surface area contributed by atoms with Gasteiger partial charge in [-0.15, -0.1) is 0 Å². The van der Waals surface area contributed by atoms with Gasteiger partial charge < -0.3 is 4.90 Å². The number of benzene rings is 1. The standard InChI is InChI=1S/C18H20N6O/c25-17-15-4-1-2-5-16(15)21-14-24(17)13-10-22-8-11-23(12-9-22)18-19-6-3-7-20-18/h1-7,14H,8-13H2. The second-order valence-corrected chi connectivity index (χ2v) is 6.14. The molecule has 1 aliphatic rings. The lowest BCUT2D eigenvalue weighted by atomic mass is 10.2. The van der Waals surface area contributed by atoms with Gasteiger partial charge in [-0.1, -0.05) is 12.1 Å². The Morgan fingerprint density at radius 1 is 0.880 bits per heavy atom. The first-order valence-corrected chi connectivity index (χ1v) is 8.50. The molecular formula is C18H20N6O. The molecule has 0 radical (unpaired) electrons. The third-order valence-electron chi connectivity index (χ3n) is 4.60. The molecule has 1 aromatic carbocycles. The van der Waals surface area contributed by atoms with Gasteiger partial charge in [0.1, 0.15) is 0 Å². The van der Waals surface area contributed by atoms with E-state index in [1.807, 2.05) is 30.3 Å². The van der Waals surface area contributed by atoms with E-state index in [2.05, 4.69) is 24.8 Å². The van der Waals surface area contributed by atoms with Crippen molar-refractivity contribution in [3.05, 3.63) is 59.4 Å². The maximum atomic E-state index is 12.5. The molecule has 0 bridgehead atoms. The van der Waals surface area contributed by atoms with Crippen LogP contribution in [0.1, 0.15) is 0 Å².